The molecule has 0 aliphatic carbocycles. The molecule has 0 aliphatic heterocycles. The van der Waals surface area contributed by atoms with Crippen LogP contribution >= 0.6 is 0 Å². The van der Waals surface area contributed by atoms with Gasteiger partial charge in [0.25, 0.3) is 0 Å². The molecule has 1 aromatic carbocycles. The molecular formula is C15H23NO3. The van der Waals surface area contributed by atoms with Crippen LogP contribution in [0.1, 0.15) is 31.4 Å². The largest absolute Gasteiger partial charge is 0.496 e. The average molecular weight is 265 g/mol. The Kier molecular flexibility index (Phi) is 5.83. The molecule has 0 heterocycles. The second-order valence-corrected chi connectivity index (χ2v) is 4.81. The lowest BCUT2D eigenvalue weighted by Crippen LogP contribution is -2.34. The van der Waals surface area contributed by atoms with E-state index in [1.54, 1.807) is 7.11 Å². The summed E-state index contributed by atoms with van der Waals surface area (Å²) in [6.07, 6.45) is 0.170. The number of rotatable bonds is 7. The highest BCUT2D eigenvalue weighted by Gasteiger charge is 2.15. The molecule has 0 saturated carbocycles. The van der Waals surface area contributed by atoms with Crippen LogP contribution in [0.5, 0.6) is 5.75 Å². The molecule has 1 unspecified atom stereocenters. The van der Waals surface area contributed by atoms with Crippen LogP contribution in [0.15, 0.2) is 18.2 Å². The number of benzene rings is 1. The van der Waals surface area contributed by atoms with Gasteiger partial charge in [0.15, 0.2) is 0 Å². The molecule has 19 heavy (non-hydrogen) atoms. The number of nitrogens with zero attached hydrogens (tertiary/aromatic N) is 1. The minimum Gasteiger partial charge on any atom is -0.496 e. The highest BCUT2D eigenvalue weighted by atomic mass is 16.5. The summed E-state index contributed by atoms with van der Waals surface area (Å²) < 4.78 is 5.24. The lowest BCUT2D eigenvalue weighted by Gasteiger charge is -2.27. The summed E-state index contributed by atoms with van der Waals surface area (Å²) in [6, 6.07) is 6.11. The van der Waals surface area contributed by atoms with Crippen LogP contribution in [-0.4, -0.2) is 35.7 Å². The fourth-order valence-corrected chi connectivity index (χ4v) is 2.23. The summed E-state index contributed by atoms with van der Waals surface area (Å²) in [4.78, 5) is 12.9. The Labute approximate surface area is 115 Å². The predicted molar refractivity (Wildman–Crippen MR) is 75.5 cm³/mol. The molecular weight excluding hydrogens is 242 g/mol. The number of carboxylic acids is 1. The topological polar surface area (TPSA) is 49.8 Å². The van der Waals surface area contributed by atoms with Crippen molar-refractivity contribution in [2.45, 2.75) is 39.8 Å². The minimum atomic E-state index is -0.753. The Morgan fingerprint density at radius 1 is 1.47 bits per heavy atom. The van der Waals surface area contributed by atoms with E-state index in [0.717, 1.165) is 24.4 Å². The van der Waals surface area contributed by atoms with E-state index in [9.17, 15) is 4.79 Å². The number of methoxy groups -OCH3 is 1. The van der Waals surface area contributed by atoms with Gasteiger partial charge in [0.05, 0.1) is 13.5 Å². The summed E-state index contributed by atoms with van der Waals surface area (Å²) in [7, 11) is 1.66. The number of aryl methyl sites for hydroxylation is 1. The van der Waals surface area contributed by atoms with Gasteiger partial charge in [-0.1, -0.05) is 19.1 Å². The van der Waals surface area contributed by atoms with Crippen LogP contribution in [-0.2, 0) is 11.3 Å². The summed E-state index contributed by atoms with van der Waals surface area (Å²) >= 11 is 0. The van der Waals surface area contributed by atoms with E-state index >= 15 is 0 Å². The molecule has 0 fully saturated rings. The van der Waals surface area contributed by atoms with Gasteiger partial charge in [0.2, 0.25) is 0 Å². The molecule has 0 aromatic heterocycles. The van der Waals surface area contributed by atoms with Crippen molar-refractivity contribution in [1.82, 2.24) is 4.90 Å². The molecule has 0 bridgehead atoms. The van der Waals surface area contributed by atoms with Crippen molar-refractivity contribution in [2.75, 3.05) is 13.7 Å². The Hall–Kier alpha value is -1.55. The first-order valence-corrected chi connectivity index (χ1v) is 6.57. The Morgan fingerprint density at radius 2 is 2.16 bits per heavy atom. The molecule has 4 heteroatoms. The number of carboxylic acid groups (broad SMARTS) is 1. The fraction of sp³-hybridized carbons (Fsp3) is 0.533. The molecule has 1 rings (SSSR count). The van der Waals surface area contributed by atoms with Gasteiger partial charge in [-0.3, -0.25) is 9.69 Å². The summed E-state index contributed by atoms with van der Waals surface area (Å²) in [6.45, 7) is 7.61. The third-order valence-electron chi connectivity index (χ3n) is 3.34. The first kappa shape index (κ1) is 15.5. The van der Waals surface area contributed by atoms with E-state index in [1.165, 1.54) is 5.56 Å². The molecule has 0 amide bonds. The zero-order valence-electron chi connectivity index (χ0n) is 12.1. The van der Waals surface area contributed by atoms with Crippen molar-refractivity contribution in [3.05, 3.63) is 29.3 Å². The van der Waals surface area contributed by atoms with E-state index in [2.05, 4.69) is 17.9 Å². The third kappa shape index (κ3) is 4.56. The molecule has 0 radical (unpaired) electrons. The number of ether oxygens (including phenoxy) is 1. The van der Waals surface area contributed by atoms with Crippen LogP contribution in [0.2, 0.25) is 0 Å². The van der Waals surface area contributed by atoms with Gasteiger partial charge in [0, 0.05) is 12.6 Å². The van der Waals surface area contributed by atoms with Gasteiger partial charge in [-0.05, 0) is 37.6 Å². The maximum atomic E-state index is 10.8. The Bertz CT molecular complexity index is 431. The van der Waals surface area contributed by atoms with Crippen molar-refractivity contribution < 1.29 is 14.6 Å². The lowest BCUT2D eigenvalue weighted by atomic mass is 10.1. The van der Waals surface area contributed by atoms with Crippen molar-refractivity contribution >= 4 is 5.97 Å². The van der Waals surface area contributed by atoms with Crippen LogP contribution in [0.25, 0.3) is 0 Å². The number of hydrogen-bond acceptors (Lipinski definition) is 3. The van der Waals surface area contributed by atoms with Crippen molar-refractivity contribution in [1.29, 1.82) is 0 Å². The number of hydrogen-bond donors (Lipinski definition) is 1. The monoisotopic (exact) mass is 265 g/mol. The van der Waals surface area contributed by atoms with Gasteiger partial charge in [0.1, 0.15) is 5.75 Å². The fourth-order valence-electron chi connectivity index (χ4n) is 2.23. The van der Waals surface area contributed by atoms with E-state index in [4.69, 9.17) is 9.84 Å². The van der Waals surface area contributed by atoms with Crippen molar-refractivity contribution in [2.24, 2.45) is 0 Å². The van der Waals surface area contributed by atoms with Crippen LogP contribution in [0.3, 0.4) is 0 Å². The molecule has 1 atom stereocenters. The van der Waals surface area contributed by atoms with Crippen LogP contribution in [0.4, 0.5) is 0 Å². The standard InChI is InChI=1S/C15H23NO3/c1-5-16(12(3)9-15(17)18)10-13-6-7-14(19-4)11(2)8-13/h6-8,12H,5,9-10H2,1-4H3,(H,17,18). The number of carbonyl (C=O) groups is 1. The van der Waals surface area contributed by atoms with E-state index in [-0.39, 0.29) is 12.5 Å². The highest BCUT2D eigenvalue weighted by molar-refractivity contribution is 5.67. The quantitative estimate of drug-likeness (QED) is 0.823. The minimum absolute atomic E-state index is 0.0323. The first-order valence-electron chi connectivity index (χ1n) is 6.57. The van der Waals surface area contributed by atoms with E-state index in [1.807, 2.05) is 26.0 Å². The SMILES string of the molecule is CCN(Cc1ccc(OC)c(C)c1)C(C)CC(=O)O. The zero-order chi connectivity index (χ0) is 14.4. The molecule has 1 aromatic rings. The lowest BCUT2D eigenvalue weighted by molar-refractivity contribution is -0.138. The molecule has 4 nitrogen and oxygen atoms in total. The average Bonchev–Trinajstić information content (AvgIpc) is 2.35. The maximum Gasteiger partial charge on any atom is 0.304 e. The van der Waals surface area contributed by atoms with E-state index < -0.39 is 5.97 Å². The summed E-state index contributed by atoms with van der Waals surface area (Å²) in [5.74, 6) is 0.127. The highest BCUT2D eigenvalue weighted by Crippen LogP contribution is 2.20. The van der Waals surface area contributed by atoms with Crippen LogP contribution in [0, 0.1) is 6.92 Å². The van der Waals surface area contributed by atoms with Gasteiger partial charge in [-0.15, -0.1) is 0 Å². The van der Waals surface area contributed by atoms with Crippen molar-refractivity contribution in [3.8, 4) is 5.75 Å². The molecule has 0 spiro atoms. The van der Waals surface area contributed by atoms with Gasteiger partial charge < -0.3 is 9.84 Å². The maximum absolute atomic E-state index is 10.8. The Balaban J connectivity index is 2.75. The second kappa shape index (κ2) is 7.14. The first-order chi connectivity index (χ1) is 8.97. The molecule has 1 N–H and O–H groups in total. The second-order valence-electron chi connectivity index (χ2n) is 4.81. The Morgan fingerprint density at radius 3 is 2.63 bits per heavy atom. The predicted octanol–water partition coefficient (Wildman–Crippen LogP) is 2.69. The van der Waals surface area contributed by atoms with Gasteiger partial charge in [-0.25, -0.2) is 0 Å². The smallest absolute Gasteiger partial charge is 0.304 e. The molecule has 0 saturated heterocycles. The summed E-state index contributed by atoms with van der Waals surface area (Å²) in [5, 5.41) is 8.86. The third-order valence-corrected chi connectivity index (χ3v) is 3.34. The zero-order valence-corrected chi connectivity index (χ0v) is 12.1. The van der Waals surface area contributed by atoms with Gasteiger partial charge >= 0.3 is 5.97 Å². The molecule has 0 aliphatic rings. The van der Waals surface area contributed by atoms with Crippen molar-refractivity contribution in [3.63, 3.8) is 0 Å². The molecule has 106 valence electrons. The number of aliphatic carboxylic acids is 1. The van der Waals surface area contributed by atoms with Crippen LogP contribution < -0.4 is 4.74 Å². The van der Waals surface area contributed by atoms with Gasteiger partial charge in [-0.2, -0.15) is 0 Å². The normalized spacial score (nSPS) is 12.5. The van der Waals surface area contributed by atoms with E-state index in [0.29, 0.717) is 0 Å². The summed E-state index contributed by atoms with van der Waals surface area (Å²) in [5.41, 5.74) is 2.28.